The SMILES string of the molecule is COc1ccc(NC(=O)C2CCN(CC(F)(F)F)CC2)c(Cl)c1. The first-order valence-electron chi connectivity index (χ1n) is 7.22. The molecule has 1 fully saturated rings. The Morgan fingerprint density at radius 3 is 2.57 bits per heavy atom. The van der Waals surface area contributed by atoms with Gasteiger partial charge in [-0.25, -0.2) is 0 Å². The van der Waals surface area contributed by atoms with Crippen LogP contribution in [-0.4, -0.2) is 43.7 Å². The molecule has 1 N–H and O–H groups in total. The molecule has 1 aliphatic heterocycles. The highest BCUT2D eigenvalue weighted by Gasteiger charge is 2.33. The first-order valence-corrected chi connectivity index (χ1v) is 7.60. The number of benzene rings is 1. The van der Waals surface area contributed by atoms with E-state index in [1.54, 1.807) is 18.2 Å². The van der Waals surface area contributed by atoms with E-state index in [9.17, 15) is 18.0 Å². The second-order valence-electron chi connectivity index (χ2n) is 5.50. The summed E-state index contributed by atoms with van der Waals surface area (Å²) >= 11 is 6.06. The molecule has 23 heavy (non-hydrogen) atoms. The summed E-state index contributed by atoms with van der Waals surface area (Å²) in [5.74, 6) is 0.0508. The lowest BCUT2D eigenvalue weighted by atomic mass is 9.96. The Hall–Kier alpha value is -1.47. The maximum atomic E-state index is 12.3. The summed E-state index contributed by atoms with van der Waals surface area (Å²) in [6.07, 6.45) is -3.41. The summed E-state index contributed by atoms with van der Waals surface area (Å²) < 4.78 is 42.1. The summed E-state index contributed by atoms with van der Waals surface area (Å²) in [6, 6.07) is 4.90. The molecule has 0 aliphatic carbocycles. The number of rotatable bonds is 4. The third-order valence-corrected chi connectivity index (χ3v) is 4.11. The van der Waals surface area contributed by atoms with Gasteiger partial charge in [0.15, 0.2) is 0 Å². The fraction of sp³-hybridized carbons (Fsp3) is 0.533. The van der Waals surface area contributed by atoms with E-state index in [1.165, 1.54) is 12.0 Å². The number of likely N-dealkylation sites (tertiary alicyclic amines) is 1. The van der Waals surface area contributed by atoms with Gasteiger partial charge in [-0.15, -0.1) is 0 Å². The van der Waals surface area contributed by atoms with Gasteiger partial charge in [-0.1, -0.05) is 11.6 Å². The summed E-state index contributed by atoms with van der Waals surface area (Å²) in [6.45, 7) is -0.409. The molecule has 0 aromatic heterocycles. The zero-order valence-corrected chi connectivity index (χ0v) is 13.4. The zero-order chi connectivity index (χ0) is 17.0. The molecule has 1 aliphatic rings. The molecule has 0 spiro atoms. The number of piperidine rings is 1. The van der Waals surface area contributed by atoms with Crippen molar-refractivity contribution in [3.63, 3.8) is 0 Å². The van der Waals surface area contributed by atoms with Gasteiger partial charge in [0.05, 0.1) is 24.4 Å². The van der Waals surface area contributed by atoms with Crippen LogP contribution in [0, 0.1) is 5.92 Å². The van der Waals surface area contributed by atoms with Gasteiger partial charge in [0.1, 0.15) is 5.75 Å². The maximum Gasteiger partial charge on any atom is 0.401 e. The van der Waals surface area contributed by atoms with Crippen LogP contribution >= 0.6 is 11.6 Å². The van der Waals surface area contributed by atoms with Crippen molar-refractivity contribution in [1.82, 2.24) is 4.90 Å². The number of ether oxygens (including phenoxy) is 1. The van der Waals surface area contributed by atoms with Crippen molar-refractivity contribution in [2.24, 2.45) is 5.92 Å². The Labute approximate surface area is 137 Å². The van der Waals surface area contributed by atoms with E-state index < -0.39 is 12.7 Å². The van der Waals surface area contributed by atoms with E-state index >= 15 is 0 Å². The van der Waals surface area contributed by atoms with Crippen molar-refractivity contribution in [2.45, 2.75) is 19.0 Å². The van der Waals surface area contributed by atoms with E-state index in [4.69, 9.17) is 16.3 Å². The lowest BCUT2D eigenvalue weighted by Gasteiger charge is -2.31. The molecule has 0 unspecified atom stereocenters. The highest BCUT2D eigenvalue weighted by molar-refractivity contribution is 6.33. The van der Waals surface area contributed by atoms with Crippen molar-refractivity contribution in [1.29, 1.82) is 0 Å². The normalized spacial score (nSPS) is 17.1. The molecule has 8 heteroatoms. The maximum absolute atomic E-state index is 12.3. The van der Waals surface area contributed by atoms with Crippen LogP contribution in [0.3, 0.4) is 0 Å². The molecule has 4 nitrogen and oxygen atoms in total. The molecule has 1 aromatic carbocycles. The molecular formula is C15H18ClF3N2O2. The Balaban J connectivity index is 1.88. The first-order chi connectivity index (χ1) is 10.8. The number of hydrogen-bond donors (Lipinski definition) is 1. The van der Waals surface area contributed by atoms with Crippen molar-refractivity contribution in [2.75, 3.05) is 32.1 Å². The number of nitrogens with zero attached hydrogens (tertiary/aromatic N) is 1. The number of hydrogen-bond acceptors (Lipinski definition) is 3. The summed E-state index contributed by atoms with van der Waals surface area (Å²) in [5, 5.41) is 3.08. The Morgan fingerprint density at radius 1 is 1.39 bits per heavy atom. The second kappa shape index (κ2) is 7.40. The number of anilines is 1. The van der Waals surface area contributed by atoms with E-state index in [0.29, 0.717) is 29.3 Å². The molecule has 0 radical (unpaired) electrons. The fourth-order valence-corrected chi connectivity index (χ4v) is 2.78. The summed E-state index contributed by atoms with van der Waals surface area (Å²) in [7, 11) is 1.51. The minimum atomic E-state index is -4.20. The van der Waals surface area contributed by atoms with E-state index in [0.717, 1.165) is 0 Å². The molecule has 128 valence electrons. The summed E-state index contributed by atoms with van der Waals surface area (Å²) in [4.78, 5) is 13.5. The lowest BCUT2D eigenvalue weighted by molar-refractivity contribution is -0.149. The topological polar surface area (TPSA) is 41.6 Å². The largest absolute Gasteiger partial charge is 0.497 e. The van der Waals surface area contributed by atoms with E-state index in [-0.39, 0.29) is 24.9 Å². The number of carbonyl (C=O) groups is 1. The lowest BCUT2D eigenvalue weighted by Crippen LogP contribution is -2.42. The van der Waals surface area contributed by atoms with Crippen LogP contribution in [0.15, 0.2) is 18.2 Å². The number of nitrogens with one attached hydrogen (secondary N) is 1. The molecule has 0 saturated carbocycles. The number of methoxy groups -OCH3 is 1. The van der Waals surface area contributed by atoms with Crippen molar-refractivity contribution in [3.05, 3.63) is 23.2 Å². The first kappa shape index (κ1) is 17.9. The minimum Gasteiger partial charge on any atom is -0.497 e. The predicted octanol–water partition coefficient (Wildman–Crippen LogP) is 3.56. The molecule has 0 bridgehead atoms. The molecule has 1 amide bonds. The quantitative estimate of drug-likeness (QED) is 0.902. The van der Waals surface area contributed by atoms with Crippen LogP contribution in [-0.2, 0) is 4.79 Å². The average molecular weight is 351 g/mol. The highest BCUT2D eigenvalue weighted by Crippen LogP contribution is 2.28. The van der Waals surface area contributed by atoms with Gasteiger partial charge in [-0.05, 0) is 38.1 Å². The minimum absolute atomic E-state index is 0.219. The third kappa shape index (κ3) is 5.28. The van der Waals surface area contributed by atoms with Crippen molar-refractivity contribution >= 4 is 23.2 Å². The smallest absolute Gasteiger partial charge is 0.401 e. The van der Waals surface area contributed by atoms with Crippen molar-refractivity contribution in [3.8, 4) is 5.75 Å². The van der Waals surface area contributed by atoms with Crippen molar-refractivity contribution < 1.29 is 22.7 Å². The third-order valence-electron chi connectivity index (χ3n) is 3.80. The molecule has 1 saturated heterocycles. The fourth-order valence-electron chi connectivity index (χ4n) is 2.57. The van der Waals surface area contributed by atoms with Crippen LogP contribution in [0.25, 0.3) is 0 Å². The van der Waals surface area contributed by atoms with Crippen LogP contribution in [0.4, 0.5) is 18.9 Å². The monoisotopic (exact) mass is 350 g/mol. The Morgan fingerprint density at radius 2 is 2.04 bits per heavy atom. The molecule has 2 rings (SSSR count). The van der Waals surface area contributed by atoms with Crippen LogP contribution in [0.1, 0.15) is 12.8 Å². The predicted molar refractivity (Wildman–Crippen MR) is 81.9 cm³/mol. The molecule has 1 aromatic rings. The summed E-state index contributed by atoms with van der Waals surface area (Å²) in [5.41, 5.74) is 0.468. The highest BCUT2D eigenvalue weighted by atomic mass is 35.5. The molecule has 0 atom stereocenters. The van der Waals surface area contributed by atoms with Gasteiger partial charge in [-0.2, -0.15) is 13.2 Å². The van der Waals surface area contributed by atoms with Gasteiger partial charge in [0.25, 0.3) is 0 Å². The number of amides is 1. The van der Waals surface area contributed by atoms with Crippen LogP contribution in [0.2, 0.25) is 5.02 Å². The Bertz CT molecular complexity index is 558. The van der Waals surface area contributed by atoms with E-state index in [2.05, 4.69) is 5.32 Å². The van der Waals surface area contributed by atoms with Crippen LogP contribution in [0.5, 0.6) is 5.75 Å². The van der Waals surface area contributed by atoms with Gasteiger partial charge >= 0.3 is 6.18 Å². The zero-order valence-electron chi connectivity index (χ0n) is 12.6. The molecule has 1 heterocycles. The number of halogens is 4. The van der Waals surface area contributed by atoms with Gasteiger partial charge in [-0.3, -0.25) is 9.69 Å². The van der Waals surface area contributed by atoms with Gasteiger partial charge < -0.3 is 10.1 Å². The average Bonchev–Trinajstić information content (AvgIpc) is 2.48. The Kier molecular flexibility index (Phi) is 5.75. The standard InChI is InChI=1S/C15H18ClF3N2O2/c1-23-11-2-3-13(12(16)8-11)20-14(22)10-4-6-21(7-5-10)9-15(17,18)19/h2-3,8,10H,4-7,9H2,1H3,(H,20,22). The second-order valence-corrected chi connectivity index (χ2v) is 5.91. The number of carbonyl (C=O) groups excluding carboxylic acids is 1. The number of alkyl halides is 3. The molecular weight excluding hydrogens is 333 g/mol. The van der Waals surface area contributed by atoms with Gasteiger partial charge in [0.2, 0.25) is 5.91 Å². The van der Waals surface area contributed by atoms with Gasteiger partial charge in [0, 0.05) is 12.0 Å². The van der Waals surface area contributed by atoms with E-state index in [1.807, 2.05) is 0 Å². The van der Waals surface area contributed by atoms with Crippen LogP contribution < -0.4 is 10.1 Å².